The van der Waals surface area contributed by atoms with Crippen molar-refractivity contribution in [3.8, 4) is 5.75 Å². The first-order chi connectivity index (χ1) is 36.5. The van der Waals surface area contributed by atoms with E-state index in [1.54, 1.807) is 77.5 Å². The van der Waals surface area contributed by atoms with E-state index in [1.165, 1.54) is 33.4 Å². The number of rotatable bonds is 18. The second-order valence-corrected chi connectivity index (χ2v) is 22.6. The van der Waals surface area contributed by atoms with Gasteiger partial charge in [0.25, 0.3) is 0 Å². The third-order valence-electron chi connectivity index (χ3n) is 16.3. The van der Waals surface area contributed by atoms with E-state index in [0.29, 0.717) is 24.2 Å². The van der Waals surface area contributed by atoms with E-state index in [-0.39, 0.29) is 67.6 Å². The number of pyridine rings is 1. The number of methoxy groups -OCH3 is 2. The maximum absolute atomic E-state index is 14.6. The van der Waals surface area contributed by atoms with Gasteiger partial charge < -0.3 is 83.5 Å². The van der Waals surface area contributed by atoms with Crippen molar-refractivity contribution in [2.75, 3.05) is 67.1 Å². The summed E-state index contributed by atoms with van der Waals surface area (Å²) in [5.41, 5.74) is -4.82. The van der Waals surface area contributed by atoms with Gasteiger partial charge in [-0.2, -0.15) is 0 Å². The van der Waals surface area contributed by atoms with Crippen LogP contribution in [0.1, 0.15) is 112 Å². The number of benzene rings is 1. The van der Waals surface area contributed by atoms with Crippen molar-refractivity contribution >= 4 is 34.5 Å². The molecule has 0 saturated carbocycles. The molecule has 0 radical (unpaired) electrons. The quantitative estimate of drug-likeness (QED) is 0.0539. The molecule has 23 heteroatoms. The van der Waals surface area contributed by atoms with Gasteiger partial charge in [-0.25, -0.2) is 4.79 Å². The molecule has 3 aliphatic rings. The predicted octanol–water partition coefficient (Wildman–Crippen LogP) is 3.52. The van der Waals surface area contributed by atoms with E-state index < -0.39 is 119 Å². The molecule has 0 amide bonds. The lowest BCUT2D eigenvalue weighted by atomic mass is 9.73. The Morgan fingerprint density at radius 3 is 2.15 bits per heavy atom. The number of cyclic esters (lactones) is 1. The second-order valence-electron chi connectivity index (χ2n) is 22.6. The lowest BCUT2D eigenvalue weighted by Gasteiger charge is -2.50. The fourth-order valence-corrected chi connectivity index (χ4v) is 11.6. The number of carboxylic acids is 1. The van der Waals surface area contributed by atoms with Gasteiger partial charge >= 0.3 is 17.9 Å². The molecule has 5 rings (SSSR count). The van der Waals surface area contributed by atoms with Gasteiger partial charge in [0.1, 0.15) is 41.3 Å². The zero-order valence-electron chi connectivity index (χ0n) is 48.5. The average Bonchev–Trinajstić information content (AvgIpc) is 3.38. The van der Waals surface area contributed by atoms with Crippen LogP contribution in [0.3, 0.4) is 0 Å². The average molecular weight is 1110 g/mol. The van der Waals surface area contributed by atoms with Crippen molar-refractivity contribution in [3.05, 3.63) is 40.2 Å². The molecule has 3 saturated heterocycles. The topological polar surface area (TPSA) is 288 Å². The summed E-state index contributed by atoms with van der Waals surface area (Å²) >= 11 is 0. The first-order valence-electron chi connectivity index (χ1n) is 27.0. The number of aromatic carboxylic acids is 1. The summed E-state index contributed by atoms with van der Waals surface area (Å²) in [6.07, 6.45) is -8.27. The monoisotopic (exact) mass is 1110 g/mol. The largest absolute Gasteiger partial charge is 0.492 e. The van der Waals surface area contributed by atoms with E-state index in [0.717, 1.165) is 0 Å². The van der Waals surface area contributed by atoms with Gasteiger partial charge in [0, 0.05) is 89.3 Å². The molecule has 0 bridgehead atoms. The molecular formula is C55H89N5O18. The summed E-state index contributed by atoms with van der Waals surface area (Å²) < 4.78 is 58.9. The molecule has 6 N–H and O–H groups in total. The number of oxime groups is 1. The Morgan fingerprint density at radius 2 is 1.56 bits per heavy atom. The summed E-state index contributed by atoms with van der Waals surface area (Å²) in [4.78, 5) is 54.6. The number of fused-ring (bicyclic) bond motifs is 1. The molecule has 3 aliphatic heterocycles. The molecule has 0 unspecified atom stereocenters. The van der Waals surface area contributed by atoms with Crippen LogP contribution in [0, 0.1) is 23.7 Å². The smallest absolute Gasteiger partial charge is 0.341 e. The van der Waals surface area contributed by atoms with E-state index in [9.17, 15) is 44.8 Å². The highest BCUT2D eigenvalue weighted by Gasteiger charge is 2.55. The number of aromatic nitrogens is 1. The van der Waals surface area contributed by atoms with Crippen LogP contribution in [0.5, 0.6) is 5.75 Å². The van der Waals surface area contributed by atoms with Crippen molar-refractivity contribution in [2.45, 2.75) is 186 Å². The number of aliphatic hydroxyl groups excluding tert-OH is 2. The van der Waals surface area contributed by atoms with Gasteiger partial charge in [-0.15, -0.1) is 0 Å². The first kappa shape index (κ1) is 64.3. The first-order valence-corrected chi connectivity index (χ1v) is 27.0. The molecule has 0 spiro atoms. The van der Waals surface area contributed by atoms with Crippen LogP contribution in [0.15, 0.2) is 34.3 Å². The van der Waals surface area contributed by atoms with Gasteiger partial charge in [0.05, 0.1) is 59.7 Å². The number of ether oxygens (including phenoxy) is 9. The molecule has 18 atom stereocenters. The molecule has 4 heterocycles. The molecule has 2 aromatic rings. The third-order valence-corrected chi connectivity index (χ3v) is 16.3. The summed E-state index contributed by atoms with van der Waals surface area (Å²) in [6, 6.07) is 4.44. The van der Waals surface area contributed by atoms with E-state index in [4.69, 9.17) is 42.6 Å². The lowest BCUT2D eigenvalue weighted by Crippen LogP contribution is -2.61. The van der Waals surface area contributed by atoms with E-state index >= 15 is 0 Å². The SMILES string of the molecule is CC[C@H]1OC(=O)[C@H](C)[C@@H](O[C@H]2C[C@@](C)(OC)[C@@H](OC(=O)CCNCCOc3ccc4c(=O)c(C(=O)O)cn(N(C)C)c4c3)[C@H](C)O2)[C@H](C)[C@@H](O[C@@H]2O[C@H](C)C[C@H](N(C)C)[C@H]2O)[C@](C)(OC)C[C@@H](C)/C(=N\O)[C@H](C)[C@@H](O)[C@]1(C)O. The highest BCUT2D eigenvalue weighted by molar-refractivity contribution is 5.93. The minimum Gasteiger partial charge on any atom is -0.492 e. The standard InChI is InChI=1S/C55H89N5O18/c1-17-40-55(10,68)47(64)31(4)43(57-69)29(2)26-53(8,70-15)48(78-52-45(63)39(58(11)12)24-30(3)73-52)32(5)46(33(6)51(67)75-40)77-42-27-54(9,71-16)49(34(7)74-42)76-41(61)20-21-56-22-23-72-35-18-19-36-38(25-35)60(59(13)14)28-37(44(36)62)50(65)66/h18-19,25,28-34,39-40,42,45-49,52,56,63-64,68-69H,17,20-24,26-27H2,1-16H3,(H,65,66)/b57-43+/t29-,30-,31+,32+,33-,34+,39+,40-,42+,45-,46+,47-,48-,49+,52+,53-,54-,55-/m1/s1. The number of likely N-dealkylation sites (N-methyl/N-ethyl adjacent to an activating group) is 1. The number of esters is 2. The normalized spacial score (nSPS) is 36.9. The Balaban J connectivity index is 1.36. The molecule has 78 heavy (non-hydrogen) atoms. The highest BCUT2D eigenvalue weighted by atomic mass is 16.7. The Kier molecular flexibility index (Phi) is 22.1. The Morgan fingerprint density at radius 1 is 0.910 bits per heavy atom. The number of nitrogens with zero attached hydrogens (tertiary/aromatic N) is 4. The number of aliphatic hydroxyl groups is 3. The molecule has 0 aliphatic carbocycles. The molecule has 23 nitrogen and oxygen atoms in total. The number of carboxylic acid groups (broad SMARTS) is 1. The number of nitrogens with one attached hydrogen (secondary N) is 1. The van der Waals surface area contributed by atoms with Crippen molar-refractivity contribution < 1.29 is 82.6 Å². The van der Waals surface area contributed by atoms with Crippen LogP contribution in [-0.2, 0) is 47.5 Å². The van der Waals surface area contributed by atoms with Crippen molar-refractivity contribution in [2.24, 2.45) is 28.8 Å². The highest BCUT2D eigenvalue weighted by Crippen LogP contribution is 2.42. The maximum Gasteiger partial charge on any atom is 0.341 e. The summed E-state index contributed by atoms with van der Waals surface area (Å²) in [5.74, 6) is -5.59. The van der Waals surface area contributed by atoms with Gasteiger partial charge in [-0.3, -0.25) is 19.1 Å². The van der Waals surface area contributed by atoms with Crippen molar-refractivity contribution in [3.63, 3.8) is 0 Å². The summed E-state index contributed by atoms with van der Waals surface area (Å²) in [7, 11) is 10.2. The Hall–Kier alpha value is -4.53. The summed E-state index contributed by atoms with van der Waals surface area (Å²) in [6.45, 7) is 18.0. The summed E-state index contributed by atoms with van der Waals surface area (Å²) in [5, 5.41) is 64.3. The maximum atomic E-state index is 14.6. The zero-order chi connectivity index (χ0) is 58.4. The zero-order valence-corrected chi connectivity index (χ0v) is 48.5. The van der Waals surface area contributed by atoms with E-state index in [1.807, 2.05) is 39.8 Å². The predicted molar refractivity (Wildman–Crippen MR) is 287 cm³/mol. The molecule has 442 valence electrons. The van der Waals surface area contributed by atoms with Crippen LogP contribution >= 0.6 is 0 Å². The van der Waals surface area contributed by atoms with Gasteiger partial charge in [-0.05, 0) is 87.0 Å². The van der Waals surface area contributed by atoms with Gasteiger partial charge in [-0.1, -0.05) is 32.9 Å². The third kappa shape index (κ3) is 14.3. The van der Waals surface area contributed by atoms with Crippen LogP contribution in [0.25, 0.3) is 10.9 Å². The lowest BCUT2D eigenvalue weighted by molar-refractivity contribution is -0.320. The van der Waals surface area contributed by atoms with Gasteiger partial charge in [0.15, 0.2) is 18.7 Å². The van der Waals surface area contributed by atoms with Crippen molar-refractivity contribution in [1.82, 2.24) is 14.9 Å². The fourth-order valence-electron chi connectivity index (χ4n) is 11.6. The number of hydrogen-bond donors (Lipinski definition) is 6. The van der Waals surface area contributed by atoms with Gasteiger partial charge in [0.2, 0.25) is 5.43 Å². The molecular weight excluding hydrogens is 1020 g/mol. The molecule has 1 aromatic heterocycles. The van der Waals surface area contributed by atoms with Crippen molar-refractivity contribution in [1.29, 1.82) is 0 Å². The van der Waals surface area contributed by atoms with Crippen LogP contribution < -0.4 is 20.5 Å². The Labute approximate surface area is 458 Å². The minimum absolute atomic E-state index is 0.0157. The number of carbonyl (C=O) groups is 3. The number of hydrogen-bond acceptors (Lipinski definition) is 21. The van der Waals surface area contributed by atoms with Crippen LogP contribution in [0.4, 0.5) is 0 Å². The number of carbonyl (C=O) groups excluding carboxylic acids is 2. The molecule has 1 aromatic carbocycles. The van der Waals surface area contributed by atoms with Crippen LogP contribution in [-0.4, -0.2) is 205 Å². The minimum atomic E-state index is -2.01. The second kappa shape index (κ2) is 26.8. The fraction of sp³-hybridized carbons (Fsp3) is 0.764. The Bertz CT molecular complexity index is 2440. The van der Waals surface area contributed by atoms with Crippen LogP contribution in [0.2, 0.25) is 0 Å². The van der Waals surface area contributed by atoms with E-state index in [2.05, 4.69) is 10.5 Å². The molecule has 3 fully saturated rings.